The number of aromatic carboxylic acids is 1. The number of thioether (sulfide) groups is 2. The van der Waals surface area contributed by atoms with Crippen LogP contribution in [0.2, 0.25) is 0 Å². The fourth-order valence-electron chi connectivity index (χ4n) is 1.83. The average Bonchev–Trinajstić information content (AvgIpc) is 2.73. The molecule has 1 aliphatic heterocycles. The molecule has 1 aromatic heterocycles. The number of carboxylic acid groups (broad SMARTS) is 1. The number of hydrogen-bond acceptors (Lipinski definition) is 5. The molecule has 100 valence electrons. The van der Waals surface area contributed by atoms with Gasteiger partial charge in [-0.1, -0.05) is 13.8 Å². The van der Waals surface area contributed by atoms with Gasteiger partial charge in [-0.05, 0) is 12.3 Å². The Morgan fingerprint density at radius 2 is 2.28 bits per heavy atom. The van der Waals surface area contributed by atoms with Crippen molar-refractivity contribution in [2.75, 3.05) is 17.3 Å². The molecule has 0 aliphatic carbocycles. The summed E-state index contributed by atoms with van der Waals surface area (Å²) < 4.78 is 0. The Bertz CT molecular complexity index is 425. The van der Waals surface area contributed by atoms with E-state index in [1.165, 1.54) is 17.1 Å². The van der Waals surface area contributed by atoms with Gasteiger partial charge in [0.05, 0.1) is 10.9 Å². The van der Waals surface area contributed by atoms with Gasteiger partial charge in [-0.15, -0.1) is 23.1 Å². The van der Waals surface area contributed by atoms with Crippen molar-refractivity contribution >= 4 is 40.8 Å². The highest BCUT2D eigenvalue weighted by Crippen LogP contribution is 2.39. The Balaban J connectivity index is 2.23. The van der Waals surface area contributed by atoms with Crippen molar-refractivity contribution in [2.24, 2.45) is 5.92 Å². The van der Waals surface area contributed by atoms with Gasteiger partial charge in [0, 0.05) is 17.3 Å². The van der Waals surface area contributed by atoms with E-state index in [4.69, 9.17) is 0 Å². The third-order valence-corrected chi connectivity index (χ3v) is 6.71. The van der Waals surface area contributed by atoms with E-state index in [0.29, 0.717) is 16.0 Å². The van der Waals surface area contributed by atoms with Crippen LogP contribution in [0.5, 0.6) is 0 Å². The Kier molecular flexibility index (Phi) is 4.98. The minimum atomic E-state index is -0.831. The molecular weight excluding hydrogens is 286 g/mol. The normalized spacial score (nSPS) is 20.3. The number of thiazole rings is 1. The SMILES string of the molecule is CC(C)Cc1nc(C2CSCCS2)sc1C(=O)O. The molecule has 0 aromatic carbocycles. The molecule has 6 heteroatoms. The first-order chi connectivity index (χ1) is 8.58. The second-order valence-electron chi connectivity index (χ2n) is 4.67. The topological polar surface area (TPSA) is 50.2 Å². The Hall–Kier alpha value is -0.200. The third kappa shape index (κ3) is 3.42. The molecule has 1 atom stereocenters. The first-order valence-corrected chi connectivity index (χ1v) is 9.02. The summed E-state index contributed by atoms with van der Waals surface area (Å²) in [6, 6.07) is 0. The first-order valence-electron chi connectivity index (χ1n) is 6.00. The lowest BCUT2D eigenvalue weighted by molar-refractivity contribution is 0.0700. The summed E-state index contributed by atoms with van der Waals surface area (Å²) in [5.74, 6) is 2.99. The molecule has 1 fully saturated rings. The molecule has 1 aromatic rings. The predicted octanol–water partition coefficient (Wildman–Crippen LogP) is 3.56. The smallest absolute Gasteiger partial charge is 0.347 e. The van der Waals surface area contributed by atoms with Gasteiger partial charge in [-0.25, -0.2) is 9.78 Å². The maximum absolute atomic E-state index is 11.3. The lowest BCUT2D eigenvalue weighted by Gasteiger charge is -2.18. The van der Waals surface area contributed by atoms with Crippen molar-refractivity contribution in [3.05, 3.63) is 15.6 Å². The van der Waals surface area contributed by atoms with Crippen LogP contribution in [0.15, 0.2) is 0 Å². The fourth-order valence-corrected chi connectivity index (χ4v) is 5.75. The highest BCUT2D eigenvalue weighted by molar-refractivity contribution is 8.06. The van der Waals surface area contributed by atoms with Crippen molar-refractivity contribution in [1.82, 2.24) is 4.98 Å². The second kappa shape index (κ2) is 6.30. The van der Waals surface area contributed by atoms with Crippen molar-refractivity contribution in [1.29, 1.82) is 0 Å². The van der Waals surface area contributed by atoms with E-state index >= 15 is 0 Å². The van der Waals surface area contributed by atoms with Crippen LogP contribution in [-0.2, 0) is 6.42 Å². The molecule has 2 heterocycles. The highest BCUT2D eigenvalue weighted by Gasteiger charge is 2.24. The maximum atomic E-state index is 11.3. The van der Waals surface area contributed by atoms with Crippen LogP contribution in [0, 0.1) is 5.92 Å². The van der Waals surface area contributed by atoms with E-state index in [9.17, 15) is 9.90 Å². The van der Waals surface area contributed by atoms with Crippen LogP contribution in [0.25, 0.3) is 0 Å². The monoisotopic (exact) mass is 303 g/mol. The molecule has 0 saturated carbocycles. The van der Waals surface area contributed by atoms with Crippen LogP contribution >= 0.6 is 34.9 Å². The molecule has 1 saturated heterocycles. The molecule has 1 N–H and O–H groups in total. The molecule has 0 bridgehead atoms. The van der Waals surface area contributed by atoms with Gasteiger partial charge in [0.15, 0.2) is 0 Å². The number of rotatable bonds is 4. The van der Waals surface area contributed by atoms with Gasteiger partial charge in [0.25, 0.3) is 0 Å². The lowest BCUT2D eigenvalue weighted by Crippen LogP contribution is -2.06. The Morgan fingerprint density at radius 1 is 1.50 bits per heavy atom. The largest absolute Gasteiger partial charge is 0.477 e. The number of carbonyl (C=O) groups is 1. The Morgan fingerprint density at radius 3 is 2.83 bits per heavy atom. The molecule has 0 amide bonds. The zero-order valence-corrected chi connectivity index (χ0v) is 13.0. The van der Waals surface area contributed by atoms with E-state index in [-0.39, 0.29) is 0 Å². The van der Waals surface area contributed by atoms with Gasteiger partial charge in [-0.2, -0.15) is 11.8 Å². The molecule has 2 rings (SSSR count). The van der Waals surface area contributed by atoms with Crippen molar-refractivity contribution in [3.63, 3.8) is 0 Å². The third-order valence-electron chi connectivity index (χ3n) is 2.60. The summed E-state index contributed by atoms with van der Waals surface area (Å²) in [5, 5.41) is 10.6. The van der Waals surface area contributed by atoms with Gasteiger partial charge < -0.3 is 5.11 Å². The van der Waals surface area contributed by atoms with Gasteiger partial charge in [0.2, 0.25) is 0 Å². The van der Waals surface area contributed by atoms with E-state index in [2.05, 4.69) is 18.8 Å². The van der Waals surface area contributed by atoms with Crippen LogP contribution in [0.1, 0.15) is 39.5 Å². The van der Waals surface area contributed by atoms with Crippen molar-refractivity contribution < 1.29 is 9.90 Å². The summed E-state index contributed by atoms with van der Waals surface area (Å²) in [6.07, 6.45) is 0.753. The summed E-state index contributed by atoms with van der Waals surface area (Å²) in [6.45, 7) is 4.19. The quantitative estimate of drug-likeness (QED) is 0.921. The molecule has 1 aliphatic rings. The van der Waals surface area contributed by atoms with Crippen molar-refractivity contribution in [2.45, 2.75) is 25.5 Å². The standard InChI is InChI=1S/C12H17NO2S3/c1-7(2)5-8-10(12(14)15)18-11(13-8)9-6-16-3-4-17-9/h7,9H,3-6H2,1-2H3,(H,14,15). The molecule has 3 nitrogen and oxygen atoms in total. The predicted molar refractivity (Wildman–Crippen MR) is 80.1 cm³/mol. The molecular formula is C12H17NO2S3. The fraction of sp³-hybridized carbons (Fsp3) is 0.667. The van der Waals surface area contributed by atoms with Gasteiger partial charge in [0.1, 0.15) is 9.88 Å². The lowest BCUT2D eigenvalue weighted by atomic mass is 10.1. The summed E-state index contributed by atoms with van der Waals surface area (Å²) >= 11 is 5.21. The summed E-state index contributed by atoms with van der Waals surface area (Å²) in [4.78, 5) is 16.3. The maximum Gasteiger partial charge on any atom is 0.347 e. The molecule has 0 radical (unpaired) electrons. The zero-order valence-electron chi connectivity index (χ0n) is 10.5. The van der Waals surface area contributed by atoms with E-state index in [1.54, 1.807) is 0 Å². The van der Waals surface area contributed by atoms with Crippen LogP contribution < -0.4 is 0 Å². The number of carboxylic acids is 1. The summed E-state index contributed by atoms with van der Waals surface area (Å²) in [5.41, 5.74) is 0.772. The highest BCUT2D eigenvalue weighted by atomic mass is 32.2. The van der Waals surface area contributed by atoms with Crippen LogP contribution in [0.4, 0.5) is 0 Å². The van der Waals surface area contributed by atoms with E-state index < -0.39 is 5.97 Å². The number of nitrogens with zero attached hydrogens (tertiary/aromatic N) is 1. The van der Waals surface area contributed by atoms with E-state index in [0.717, 1.165) is 28.6 Å². The number of aromatic nitrogens is 1. The molecule has 1 unspecified atom stereocenters. The minimum Gasteiger partial charge on any atom is -0.477 e. The summed E-state index contributed by atoms with van der Waals surface area (Å²) in [7, 11) is 0. The first kappa shape index (κ1) is 14.2. The van der Waals surface area contributed by atoms with Crippen LogP contribution in [0.3, 0.4) is 0 Å². The average molecular weight is 303 g/mol. The van der Waals surface area contributed by atoms with Crippen LogP contribution in [-0.4, -0.2) is 33.3 Å². The minimum absolute atomic E-state index is 0.382. The molecule has 0 spiro atoms. The van der Waals surface area contributed by atoms with Gasteiger partial charge >= 0.3 is 5.97 Å². The van der Waals surface area contributed by atoms with E-state index in [1.807, 2.05) is 23.5 Å². The second-order valence-corrected chi connectivity index (χ2v) is 8.16. The number of hydrogen-bond donors (Lipinski definition) is 1. The molecule has 18 heavy (non-hydrogen) atoms. The van der Waals surface area contributed by atoms with Crippen molar-refractivity contribution in [3.8, 4) is 0 Å². The van der Waals surface area contributed by atoms with Gasteiger partial charge in [-0.3, -0.25) is 0 Å². The zero-order chi connectivity index (χ0) is 13.1. The Labute approximate surface area is 120 Å².